The van der Waals surface area contributed by atoms with E-state index in [0.717, 1.165) is 23.5 Å². The number of nitrogens with one attached hydrogen (secondary N) is 1. The quantitative estimate of drug-likeness (QED) is 0.331. The summed E-state index contributed by atoms with van der Waals surface area (Å²) in [6, 6.07) is 12.3. The third kappa shape index (κ3) is 6.38. The van der Waals surface area contributed by atoms with Crippen molar-refractivity contribution in [2.24, 2.45) is 0 Å². The average Bonchev–Trinajstić information content (AvgIpc) is 3.48. The normalized spacial score (nSPS) is 12.8. The Kier molecular flexibility index (Phi) is 11.4. The van der Waals surface area contributed by atoms with Gasteiger partial charge in [-0.05, 0) is 23.2 Å². The Hall–Kier alpha value is -2.61. The van der Waals surface area contributed by atoms with Crippen LogP contribution in [0.15, 0.2) is 54.2 Å². The number of aromatic amines is 1. The Morgan fingerprint density at radius 1 is 1.19 bits per heavy atom. The van der Waals surface area contributed by atoms with Crippen molar-refractivity contribution in [3.8, 4) is 17.3 Å². The molecule has 12 heteroatoms. The van der Waals surface area contributed by atoms with Crippen molar-refractivity contribution >= 4 is 36.2 Å². The molecule has 4 rings (SSSR count). The molecule has 2 aromatic carbocycles. The number of nitrogens with zero attached hydrogens (tertiary/aromatic N) is 4. The molecule has 0 saturated carbocycles. The highest BCUT2D eigenvalue weighted by molar-refractivity contribution is 7.10. The van der Waals surface area contributed by atoms with E-state index in [1.807, 2.05) is 12.3 Å². The maximum Gasteiger partial charge on any atom is 0.307 e. The third-order valence-electron chi connectivity index (χ3n) is 5.69. The zero-order valence-corrected chi connectivity index (χ0v) is 22.5. The monoisotopic (exact) mass is 573 g/mol. The van der Waals surface area contributed by atoms with Gasteiger partial charge in [-0.25, -0.2) is 13.8 Å². The molecule has 0 bridgehead atoms. The molecule has 2 atom stereocenters. The summed E-state index contributed by atoms with van der Waals surface area (Å²) in [6.45, 7) is 3.68. The van der Waals surface area contributed by atoms with Gasteiger partial charge in [0.25, 0.3) is 5.82 Å². The topological polar surface area (TPSA) is 89.5 Å². The van der Waals surface area contributed by atoms with E-state index in [0.29, 0.717) is 22.7 Å². The van der Waals surface area contributed by atoms with Crippen molar-refractivity contribution in [3.63, 3.8) is 0 Å². The maximum atomic E-state index is 14.9. The Morgan fingerprint density at radius 2 is 1.89 bits per heavy atom. The van der Waals surface area contributed by atoms with Crippen LogP contribution in [-0.2, 0) is 18.6 Å². The van der Waals surface area contributed by atoms with Crippen LogP contribution in [0.1, 0.15) is 41.7 Å². The molecule has 0 radical (unpaired) electrons. The van der Waals surface area contributed by atoms with Crippen LogP contribution in [0.5, 0.6) is 0 Å². The number of aryl methyl sites for hydroxylation is 1. The van der Waals surface area contributed by atoms with E-state index < -0.39 is 23.2 Å². The Labute approximate surface area is 230 Å². The molecule has 2 heterocycles. The van der Waals surface area contributed by atoms with E-state index in [2.05, 4.69) is 21.1 Å². The van der Waals surface area contributed by atoms with Crippen LogP contribution < -0.4 is 17.1 Å². The van der Waals surface area contributed by atoms with Gasteiger partial charge in [-0.3, -0.25) is 0 Å². The maximum absolute atomic E-state index is 14.9. The van der Waals surface area contributed by atoms with Crippen LogP contribution >= 0.6 is 36.2 Å². The fraction of sp³-hybridized carbons (Fsp3) is 0.250. The summed E-state index contributed by atoms with van der Waals surface area (Å²) in [5.41, 5.74) is 0.310. The number of rotatable bonds is 7. The number of benzene rings is 2. The molecule has 0 aliphatic carbocycles. The second-order valence-corrected chi connectivity index (χ2v) is 8.70. The fourth-order valence-electron chi connectivity index (χ4n) is 3.71. The summed E-state index contributed by atoms with van der Waals surface area (Å²) in [6.07, 6.45) is 2.22. The minimum absolute atomic E-state index is 0. The van der Waals surface area contributed by atoms with Gasteiger partial charge in [0.2, 0.25) is 0 Å². The zero-order chi connectivity index (χ0) is 23.6. The number of aromatic nitrogens is 4. The molecule has 0 aliphatic rings. The number of thiazole rings is 1. The Bertz CT molecular complexity index is 1330. The molecule has 36 heavy (non-hydrogen) atoms. The second kappa shape index (κ2) is 13.1. The Balaban J connectivity index is 0.00000216. The molecule has 0 fully saturated rings. The zero-order valence-electron chi connectivity index (χ0n) is 19.3. The summed E-state index contributed by atoms with van der Waals surface area (Å²) in [5, 5.41) is 26.4. The molecular weight excluding hydrogens is 551 g/mol. The highest BCUT2D eigenvalue weighted by Crippen LogP contribution is 2.40. The van der Waals surface area contributed by atoms with Crippen LogP contribution in [0.25, 0.3) is 11.3 Å². The van der Waals surface area contributed by atoms with Gasteiger partial charge in [0.05, 0.1) is 22.3 Å². The van der Waals surface area contributed by atoms with Crippen LogP contribution in [0, 0.1) is 23.0 Å². The van der Waals surface area contributed by atoms with E-state index in [-0.39, 0.29) is 49.3 Å². The summed E-state index contributed by atoms with van der Waals surface area (Å²) in [4.78, 5) is 8.93. The summed E-state index contributed by atoms with van der Waals surface area (Å²) in [7, 11) is 0. The van der Waals surface area contributed by atoms with Crippen LogP contribution in [0.4, 0.5) is 8.78 Å². The predicted molar refractivity (Wildman–Crippen MR) is 134 cm³/mol. The molecule has 0 saturated heterocycles. The van der Waals surface area contributed by atoms with E-state index in [9.17, 15) is 13.9 Å². The molecule has 2 aromatic heterocycles. The number of H-pyrrole nitrogens is 1. The molecule has 2 N–H and O–H groups in total. The summed E-state index contributed by atoms with van der Waals surface area (Å²) in [5.74, 6) is -1.45. The van der Waals surface area contributed by atoms with Gasteiger partial charge in [0, 0.05) is 34.9 Å². The first-order valence-corrected chi connectivity index (χ1v) is 11.3. The average molecular weight is 575 g/mol. The van der Waals surface area contributed by atoms with Gasteiger partial charge in [-0.1, -0.05) is 32.0 Å². The number of aliphatic hydroxyl groups is 1. The van der Waals surface area contributed by atoms with Gasteiger partial charge in [-0.15, -0.1) is 36.2 Å². The lowest BCUT2D eigenvalue weighted by Gasteiger charge is -2.32. The van der Waals surface area contributed by atoms with Gasteiger partial charge in [0.15, 0.2) is 0 Å². The van der Waals surface area contributed by atoms with Crippen LogP contribution in [0.2, 0.25) is 0 Å². The first-order valence-electron chi connectivity index (χ1n) is 10.4. The van der Waals surface area contributed by atoms with Crippen LogP contribution in [0.3, 0.4) is 0 Å². The molecule has 0 aliphatic heterocycles. The van der Waals surface area contributed by atoms with Crippen molar-refractivity contribution in [1.29, 1.82) is 5.26 Å². The first-order chi connectivity index (χ1) is 15.8. The number of nitriles is 1. The lowest BCUT2D eigenvalue weighted by atomic mass is 9.82. The smallest absolute Gasteiger partial charge is 0.307 e. The number of hydrogen-bond donors (Lipinski definition) is 2. The summed E-state index contributed by atoms with van der Waals surface area (Å²) < 4.78 is 30.1. The van der Waals surface area contributed by atoms with E-state index >= 15 is 0 Å². The van der Waals surface area contributed by atoms with Gasteiger partial charge in [0.1, 0.15) is 23.8 Å². The third-order valence-corrected chi connectivity index (χ3v) is 6.72. The lowest BCUT2D eigenvalue weighted by molar-refractivity contribution is -0.765. The standard InChI is InChI=1S/C24H21F2N5OS.3ClH/c1-3-22-28-14-31(30-22)13-24(32,19-9-8-18(25)10-20(19)26)15(2)23-29-21(12-33-23)17-6-4-16(11-27)5-7-17;;;/h4-10,12,14-15,32H,3,13H2,1-2H3;3*1H/t15-,24+;;;/m0.../s1. The molecule has 0 unspecified atom stereocenters. The molecule has 6 nitrogen and oxygen atoms in total. The van der Waals surface area contributed by atoms with Crippen molar-refractivity contribution in [2.75, 3.05) is 0 Å². The lowest BCUT2D eigenvalue weighted by Crippen LogP contribution is -3.00. The van der Waals surface area contributed by atoms with Crippen LogP contribution in [-0.4, -0.2) is 20.2 Å². The minimum Gasteiger partial charge on any atom is -1.00 e. The minimum atomic E-state index is -1.74. The molecule has 4 aromatic rings. The second-order valence-electron chi connectivity index (χ2n) is 7.81. The number of halogens is 5. The van der Waals surface area contributed by atoms with Crippen molar-refractivity contribution in [3.05, 3.63) is 87.8 Å². The predicted octanol–water partition coefficient (Wildman–Crippen LogP) is 2.07. The number of hydrogen-bond acceptors (Lipinski definition) is 5. The van der Waals surface area contributed by atoms with E-state index in [1.54, 1.807) is 42.2 Å². The van der Waals surface area contributed by atoms with Gasteiger partial charge >= 0.3 is 6.33 Å². The largest absolute Gasteiger partial charge is 1.00 e. The van der Waals surface area contributed by atoms with E-state index in [1.165, 1.54) is 17.4 Å². The summed E-state index contributed by atoms with van der Waals surface area (Å²) >= 11 is 1.35. The van der Waals surface area contributed by atoms with Crippen molar-refractivity contribution in [2.45, 2.75) is 38.3 Å². The molecule has 0 spiro atoms. The SMILES string of the molecule is CCc1nc[n+](C[C@](O)(c2ccc(F)cc2F)[C@@H](C)c2nc(-c3ccc(C#N)cc3)cs2)[nH]1.Cl.Cl.[Cl-]. The molecule has 192 valence electrons. The van der Waals surface area contributed by atoms with Crippen molar-refractivity contribution < 1.29 is 31.0 Å². The first kappa shape index (κ1) is 31.4. The highest BCUT2D eigenvalue weighted by atomic mass is 35.5. The highest BCUT2D eigenvalue weighted by Gasteiger charge is 2.43. The molecule has 0 amide bonds. The van der Waals surface area contributed by atoms with Crippen molar-refractivity contribution in [1.82, 2.24) is 15.1 Å². The Morgan fingerprint density at radius 3 is 2.47 bits per heavy atom. The van der Waals surface area contributed by atoms with E-state index in [4.69, 9.17) is 5.26 Å². The fourth-order valence-corrected chi connectivity index (χ4v) is 4.68. The van der Waals surface area contributed by atoms with Gasteiger partial charge < -0.3 is 17.5 Å². The van der Waals surface area contributed by atoms with Gasteiger partial charge in [-0.2, -0.15) is 15.0 Å². The molecular formula is C24H24Cl3F2N5OS.